The second-order valence-electron chi connectivity index (χ2n) is 5.58. The van der Waals surface area contributed by atoms with Gasteiger partial charge < -0.3 is 5.32 Å². The molecule has 0 bridgehead atoms. The van der Waals surface area contributed by atoms with Crippen LogP contribution in [0, 0.1) is 11.8 Å². The standard InChI is InChI=1S/C14H19ClF3N3/c1-2-9-3-5-10(6-4-9)8-19-12-7-11(14(16,17)18)20-13(15)21-12/h7,9-10H,2-6,8H2,1H3,(H,19,20,21). The van der Waals surface area contributed by atoms with Crippen molar-refractivity contribution in [2.75, 3.05) is 11.9 Å². The molecule has 0 unspecified atom stereocenters. The lowest BCUT2D eigenvalue weighted by Gasteiger charge is -2.28. The van der Waals surface area contributed by atoms with Gasteiger partial charge in [-0.05, 0) is 36.3 Å². The number of alkyl halides is 3. The van der Waals surface area contributed by atoms with Crippen LogP contribution in [0.1, 0.15) is 44.7 Å². The van der Waals surface area contributed by atoms with Crippen LogP contribution in [0.4, 0.5) is 19.0 Å². The summed E-state index contributed by atoms with van der Waals surface area (Å²) in [4.78, 5) is 7.02. The van der Waals surface area contributed by atoms with Gasteiger partial charge in [-0.15, -0.1) is 0 Å². The van der Waals surface area contributed by atoms with E-state index in [4.69, 9.17) is 11.6 Å². The topological polar surface area (TPSA) is 37.8 Å². The molecule has 1 heterocycles. The molecular weight excluding hydrogens is 303 g/mol. The number of aromatic nitrogens is 2. The van der Waals surface area contributed by atoms with Gasteiger partial charge in [0.25, 0.3) is 0 Å². The summed E-state index contributed by atoms with van der Waals surface area (Å²) < 4.78 is 37.9. The van der Waals surface area contributed by atoms with E-state index in [1.807, 2.05) is 0 Å². The van der Waals surface area contributed by atoms with Gasteiger partial charge >= 0.3 is 6.18 Å². The van der Waals surface area contributed by atoms with Crippen molar-refractivity contribution >= 4 is 17.4 Å². The summed E-state index contributed by atoms with van der Waals surface area (Å²) in [6, 6.07) is 0.906. The maximum Gasteiger partial charge on any atom is 0.433 e. The van der Waals surface area contributed by atoms with Gasteiger partial charge in [0.15, 0.2) is 5.69 Å². The predicted octanol–water partition coefficient (Wildman–Crippen LogP) is 4.78. The Morgan fingerprint density at radius 2 is 1.81 bits per heavy atom. The fourth-order valence-corrected chi connectivity index (χ4v) is 2.93. The highest BCUT2D eigenvalue weighted by molar-refractivity contribution is 6.28. The Bertz CT molecular complexity index is 471. The monoisotopic (exact) mass is 321 g/mol. The smallest absolute Gasteiger partial charge is 0.370 e. The summed E-state index contributed by atoms with van der Waals surface area (Å²) >= 11 is 5.55. The molecule has 1 saturated carbocycles. The van der Waals surface area contributed by atoms with Crippen LogP contribution in [-0.4, -0.2) is 16.5 Å². The van der Waals surface area contributed by atoms with Gasteiger partial charge in [0.05, 0.1) is 0 Å². The predicted molar refractivity (Wildman–Crippen MR) is 76.3 cm³/mol. The molecule has 0 atom stereocenters. The number of nitrogens with zero attached hydrogens (tertiary/aromatic N) is 2. The van der Waals surface area contributed by atoms with E-state index in [1.54, 1.807) is 0 Å². The van der Waals surface area contributed by atoms with Gasteiger partial charge in [-0.3, -0.25) is 0 Å². The van der Waals surface area contributed by atoms with E-state index >= 15 is 0 Å². The van der Waals surface area contributed by atoms with Crippen molar-refractivity contribution < 1.29 is 13.2 Å². The first-order valence-corrected chi connectivity index (χ1v) is 7.62. The molecule has 21 heavy (non-hydrogen) atoms. The van der Waals surface area contributed by atoms with E-state index < -0.39 is 11.9 Å². The summed E-state index contributed by atoms with van der Waals surface area (Å²) in [5.41, 5.74) is -1.01. The van der Waals surface area contributed by atoms with Gasteiger partial charge in [0.1, 0.15) is 5.82 Å². The van der Waals surface area contributed by atoms with Crippen molar-refractivity contribution in [2.24, 2.45) is 11.8 Å². The summed E-state index contributed by atoms with van der Waals surface area (Å²) in [6.07, 6.45) is 1.30. The van der Waals surface area contributed by atoms with Crippen LogP contribution >= 0.6 is 11.6 Å². The van der Waals surface area contributed by atoms with Crippen molar-refractivity contribution in [2.45, 2.75) is 45.2 Å². The van der Waals surface area contributed by atoms with Crippen molar-refractivity contribution in [1.82, 2.24) is 9.97 Å². The normalized spacial score (nSPS) is 23.1. The molecule has 7 heteroatoms. The van der Waals surface area contributed by atoms with E-state index in [0.717, 1.165) is 24.8 Å². The van der Waals surface area contributed by atoms with E-state index in [-0.39, 0.29) is 11.1 Å². The second-order valence-corrected chi connectivity index (χ2v) is 5.92. The molecular formula is C14H19ClF3N3. The molecule has 1 aliphatic carbocycles. The zero-order chi connectivity index (χ0) is 15.5. The third-order valence-electron chi connectivity index (χ3n) is 4.10. The number of rotatable bonds is 4. The Hall–Kier alpha value is -1.04. The number of halogens is 4. The van der Waals surface area contributed by atoms with E-state index in [0.29, 0.717) is 12.5 Å². The molecule has 1 fully saturated rings. The first-order chi connectivity index (χ1) is 9.88. The van der Waals surface area contributed by atoms with Gasteiger partial charge in [0.2, 0.25) is 5.28 Å². The molecule has 1 N–H and O–H groups in total. The third-order valence-corrected chi connectivity index (χ3v) is 4.27. The largest absolute Gasteiger partial charge is 0.433 e. The van der Waals surface area contributed by atoms with E-state index in [2.05, 4.69) is 22.2 Å². The van der Waals surface area contributed by atoms with Crippen LogP contribution in [0.15, 0.2) is 6.07 Å². The Morgan fingerprint density at radius 3 is 2.38 bits per heavy atom. The number of nitrogens with one attached hydrogen (secondary N) is 1. The molecule has 0 aliphatic heterocycles. The third kappa shape index (κ3) is 4.73. The molecule has 0 aromatic carbocycles. The van der Waals surface area contributed by atoms with Crippen LogP contribution in [0.25, 0.3) is 0 Å². The average Bonchev–Trinajstić information content (AvgIpc) is 2.44. The van der Waals surface area contributed by atoms with Crippen molar-refractivity contribution in [3.8, 4) is 0 Å². The molecule has 0 amide bonds. The van der Waals surface area contributed by atoms with Gasteiger partial charge in [-0.1, -0.05) is 26.2 Å². The molecule has 0 saturated heterocycles. The first kappa shape index (κ1) is 16.3. The Kier molecular flexibility index (Phi) is 5.30. The molecule has 3 nitrogen and oxygen atoms in total. The summed E-state index contributed by atoms with van der Waals surface area (Å²) in [5.74, 6) is 1.42. The summed E-state index contributed by atoms with van der Waals surface area (Å²) in [5, 5.41) is 2.58. The fourth-order valence-electron chi connectivity index (χ4n) is 2.75. The first-order valence-electron chi connectivity index (χ1n) is 7.24. The summed E-state index contributed by atoms with van der Waals surface area (Å²) in [7, 11) is 0. The zero-order valence-corrected chi connectivity index (χ0v) is 12.6. The lowest BCUT2D eigenvalue weighted by Crippen LogP contribution is -2.21. The number of hydrogen-bond acceptors (Lipinski definition) is 3. The average molecular weight is 322 g/mol. The molecule has 0 spiro atoms. The molecule has 0 radical (unpaired) electrons. The van der Waals surface area contributed by atoms with Crippen molar-refractivity contribution in [1.29, 1.82) is 0 Å². The Balaban J connectivity index is 1.93. The maximum atomic E-state index is 12.6. The zero-order valence-electron chi connectivity index (χ0n) is 11.9. The van der Waals surface area contributed by atoms with Crippen LogP contribution in [0.5, 0.6) is 0 Å². The van der Waals surface area contributed by atoms with Gasteiger partial charge in [-0.2, -0.15) is 13.2 Å². The molecule has 1 aromatic rings. The molecule has 118 valence electrons. The van der Waals surface area contributed by atoms with Gasteiger partial charge in [0, 0.05) is 12.6 Å². The highest BCUT2D eigenvalue weighted by Gasteiger charge is 2.33. The van der Waals surface area contributed by atoms with Crippen LogP contribution in [0.3, 0.4) is 0 Å². The van der Waals surface area contributed by atoms with Crippen LogP contribution in [-0.2, 0) is 6.18 Å². The van der Waals surface area contributed by atoms with Crippen molar-refractivity contribution in [3.05, 3.63) is 17.0 Å². The van der Waals surface area contributed by atoms with Crippen molar-refractivity contribution in [3.63, 3.8) is 0 Å². The van der Waals surface area contributed by atoms with Crippen LogP contribution < -0.4 is 5.32 Å². The highest BCUT2D eigenvalue weighted by atomic mass is 35.5. The SMILES string of the molecule is CCC1CCC(CNc2cc(C(F)(F)F)nc(Cl)n2)CC1. The van der Waals surface area contributed by atoms with Gasteiger partial charge in [-0.25, -0.2) is 9.97 Å². The number of anilines is 1. The van der Waals surface area contributed by atoms with E-state index in [9.17, 15) is 13.2 Å². The number of hydrogen-bond donors (Lipinski definition) is 1. The van der Waals surface area contributed by atoms with Crippen LogP contribution in [0.2, 0.25) is 5.28 Å². The minimum Gasteiger partial charge on any atom is -0.370 e. The molecule has 1 aromatic heterocycles. The quantitative estimate of drug-likeness (QED) is 0.811. The molecule has 2 rings (SSSR count). The second kappa shape index (κ2) is 6.81. The lowest BCUT2D eigenvalue weighted by atomic mass is 9.81. The highest BCUT2D eigenvalue weighted by Crippen LogP contribution is 2.32. The minimum atomic E-state index is -4.51. The lowest BCUT2D eigenvalue weighted by molar-refractivity contribution is -0.141. The Morgan fingerprint density at radius 1 is 1.19 bits per heavy atom. The molecule has 1 aliphatic rings. The summed E-state index contributed by atoms with van der Waals surface area (Å²) in [6.45, 7) is 2.83. The van der Waals surface area contributed by atoms with E-state index in [1.165, 1.54) is 19.3 Å². The maximum absolute atomic E-state index is 12.6. The Labute approximate surface area is 127 Å². The minimum absolute atomic E-state index is 0.139. The fraction of sp³-hybridized carbons (Fsp3) is 0.714.